The van der Waals surface area contributed by atoms with Crippen molar-refractivity contribution >= 4 is 55.0 Å². The summed E-state index contributed by atoms with van der Waals surface area (Å²) in [5.41, 5.74) is 2.05. The molecule has 156 valence electrons. The van der Waals surface area contributed by atoms with Crippen LogP contribution in [-0.2, 0) is 16.0 Å². The molecule has 8 heteroatoms. The van der Waals surface area contributed by atoms with E-state index in [4.69, 9.17) is 9.72 Å². The summed E-state index contributed by atoms with van der Waals surface area (Å²) in [5.74, 6) is 0.142. The highest BCUT2D eigenvalue weighted by atomic mass is 79.9. The Bertz CT molecular complexity index is 1170. The molecule has 2 aromatic heterocycles. The Hall–Kier alpha value is -2.29. The molecular formula is C22H22BrN3O3S. The number of fused-ring (bicyclic) bond motifs is 1. The zero-order chi connectivity index (χ0) is 21.3. The predicted molar refractivity (Wildman–Crippen MR) is 124 cm³/mol. The Morgan fingerprint density at radius 1 is 1.30 bits per heavy atom. The number of nitrogens with one attached hydrogen (secondary N) is 1. The number of halogens is 1. The van der Waals surface area contributed by atoms with E-state index in [0.717, 1.165) is 26.9 Å². The van der Waals surface area contributed by atoms with Crippen molar-refractivity contribution in [1.29, 1.82) is 0 Å². The number of amides is 1. The molecule has 1 saturated heterocycles. The first-order valence-electron chi connectivity index (χ1n) is 9.85. The molecule has 1 fully saturated rings. The summed E-state index contributed by atoms with van der Waals surface area (Å²) in [6.07, 6.45) is 2.56. The van der Waals surface area contributed by atoms with Crippen molar-refractivity contribution in [3.63, 3.8) is 0 Å². The number of aromatic nitrogens is 2. The van der Waals surface area contributed by atoms with Gasteiger partial charge in [-0.05, 0) is 42.7 Å². The Balaban J connectivity index is 1.85. The number of rotatable bonds is 4. The number of H-pyrrole nitrogens is 1. The smallest absolute Gasteiger partial charge is 0.260 e. The SMILES string of the molecule is CCc1c(C)sc2nc(C(=Cc3ccc(Br)cc3)C(=O)N3CCOCC3)[nH]c(=O)c12. The fourth-order valence-electron chi connectivity index (χ4n) is 3.62. The van der Waals surface area contributed by atoms with Gasteiger partial charge in [-0.25, -0.2) is 4.98 Å². The average molecular weight is 488 g/mol. The number of carbonyl (C=O) groups is 1. The van der Waals surface area contributed by atoms with Crippen molar-refractivity contribution in [2.45, 2.75) is 20.3 Å². The monoisotopic (exact) mass is 487 g/mol. The molecule has 1 aliphatic rings. The van der Waals surface area contributed by atoms with Gasteiger partial charge >= 0.3 is 0 Å². The standard InChI is InChI=1S/C22H22BrN3O3S/c1-3-16-13(2)30-21-18(16)20(27)24-19(25-21)17(12-14-4-6-15(23)7-5-14)22(28)26-8-10-29-11-9-26/h4-7,12H,3,8-11H2,1-2H3,(H,24,25,27). The zero-order valence-electron chi connectivity index (χ0n) is 16.8. The molecule has 0 unspecified atom stereocenters. The number of hydrogen-bond donors (Lipinski definition) is 1. The molecule has 1 N–H and O–H groups in total. The van der Waals surface area contributed by atoms with Crippen LogP contribution >= 0.6 is 27.3 Å². The van der Waals surface area contributed by atoms with Crippen LogP contribution in [0.1, 0.15) is 28.8 Å². The average Bonchev–Trinajstić information content (AvgIpc) is 3.09. The summed E-state index contributed by atoms with van der Waals surface area (Å²) in [6.45, 7) is 6.07. The van der Waals surface area contributed by atoms with E-state index >= 15 is 0 Å². The highest BCUT2D eigenvalue weighted by molar-refractivity contribution is 9.10. The van der Waals surface area contributed by atoms with Gasteiger partial charge in [0.25, 0.3) is 11.5 Å². The molecule has 3 aromatic rings. The van der Waals surface area contributed by atoms with E-state index < -0.39 is 0 Å². The number of aryl methyl sites for hydroxylation is 2. The molecule has 1 aliphatic heterocycles. The lowest BCUT2D eigenvalue weighted by Gasteiger charge is -2.27. The summed E-state index contributed by atoms with van der Waals surface area (Å²) in [4.78, 5) is 37.4. The van der Waals surface area contributed by atoms with E-state index in [9.17, 15) is 9.59 Å². The minimum Gasteiger partial charge on any atom is -0.378 e. The molecule has 0 radical (unpaired) electrons. The van der Waals surface area contributed by atoms with Crippen molar-refractivity contribution in [2.24, 2.45) is 0 Å². The number of benzene rings is 1. The van der Waals surface area contributed by atoms with Crippen LogP contribution in [0.4, 0.5) is 0 Å². The van der Waals surface area contributed by atoms with E-state index in [1.807, 2.05) is 38.1 Å². The van der Waals surface area contributed by atoms with Crippen LogP contribution in [0, 0.1) is 6.92 Å². The first kappa shape index (κ1) is 21.0. The number of aromatic amines is 1. The van der Waals surface area contributed by atoms with Gasteiger partial charge < -0.3 is 14.6 Å². The molecule has 1 amide bonds. The van der Waals surface area contributed by atoms with Gasteiger partial charge in [0.05, 0.1) is 24.2 Å². The van der Waals surface area contributed by atoms with Crippen molar-refractivity contribution in [3.8, 4) is 0 Å². The second kappa shape index (κ2) is 8.83. The van der Waals surface area contributed by atoms with Crippen LogP contribution in [0.3, 0.4) is 0 Å². The van der Waals surface area contributed by atoms with Gasteiger partial charge in [-0.3, -0.25) is 9.59 Å². The van der Waals surface area contributed by atoms with Gasteiger partial charge in [0.1, 0.15) is 10.7 Å². The van der Waals surface area contributed by atoms with Crippen molar-refractivity contribution in [2.75, 3.05) is 26.3 Å². The maximum atomic E-state index is 13.4. The van der Waals surface area contributed by atoms with Crippen molar-refractivity contribution in [1.82, 2.24) is 14.9 Å². The zero-order valence-corrected chi connectivity index (χ0v) is 19.2. The second-order valence-electron chi connectivity index (χ2n) is 7.10. The minimum absolute atomic E-state index is 0.160. The maximum Gasteiger partial charge on any atom is 0.260 e. The summed E-state index contributed by atoms with van der Waals surface area (Å²) >= 11 is 4.93. The Morgan fingerprint density at radius 2 is 2.00 bits per heavy atom. The molecule has 0 spiro atoms. The van der Waals surface area contributed by atoms with Crippen LogP contribution in [-0.4, -0.2) is 47.1 Å². The number of hydrogen-bond acceptors (Lipinski definition) is 5. The fraction of sp³-hybridized carbons (Fsp3) is 0.318. The Kier molecular flexibility index (Phi) is 6.17. The molecule has 0 atom stereocenters. The van der Waals surface area contributed by atoms with Gasteiger partial charge in [0.2, 0.25) is 0 Å². The molecule has 6 nitrogen and oxygen atoms in total. The largest absolute Gasteiger partial charge is 0.378 e. The molecule has 30 heavy (non-hydrogen) atoms. The summed E-state index contributed by atoms with van der Waals surface area (Å²) in [6, 6.07) is 7.66. The lowest BCUT2D eigenvalue weighted by molar-refractivity contribution is -0.128. The highest BCUT2D eigenvalue weighted by Gasteiger charge is 2.25. The van der Waals surface area contributed by atoms with Gasteiger partial charge in [0.15, 0.2) is 0 Å². The fourth-order valence-corrected chi connectivity index (χ4v) is 5.00. The predicted octanol–water partition coefficient (Wildman–Crippen LogP) is 4.02. The Morgan fingerprint density at radius 3 is 2.67 bits per heavy atom. The van der Waals surface area contributed by atoms with Crippen LogP contribution in [0.25, 0.3) is 21.9 Å². The van der Waals surface area contributed by atoms with Gasteiger partial charge in [0, 0.05) is 22.4 Å². The topological polar surface area (TPSA) is 75.3 Å². The number of carbonyl (C=O) groups excluding carboxylic acids is 1. The molecule has 4 rings (SSSR count). The normalized spacial score (nSPS) is 15.0. The first-order chi connectivity index (χ1) is 14.5. The quantitative estimate of drug-likeness (QED) is 0.563. The van der Waals surface area contributed by atoms with Crippen LogP contribution in [0.2, 0.25) is 0 Å². The van der Waals surface area contributed by atoms with E-state index in [1.54, 1.807) is 11.0 Å². The maximum absolute atomic E-state index is 13.4. The van der Waals surface area contributed by atoms with Gasteiger partial charge in [-0.2, -0.15) is 0 Å². The number of morpholine rings is 1. The summed E-state index contributed by atoms with van der Waals surface area (Å²) in [7, 11) is 0. The van der Waals surface area contributed by atoms with E-state index in [-0.39, 0.29) is 11.5 Å². The molecular weight excluding hydrogens is 466 g/mol. The van der Waals surface area contributed by atoms with Gasteiger partial charge in [-0.1, -0.05) is 35.0 Å². The van der Waals surface area contributed by atoms with E-state index in [2.05, 4.69) is 20.9 Å². The number of thiophene rings is 1. The number of ether oxygens (including phenoxy) is 1. The van der Waals surface area contributed by atoms with Gasteiger partial charge in [-0.15, -0.1) is 11.3 Å². The first-order valence-corrected chi connectivity index (χ1v) is 11.5. The van der Waals surface area contributed by atoms with Crippen molar-refractivity contribution < 1.29 is 9.53 Å². The van der Waals surface area contributed by atoms with Crippen LogP contribution < -0.4 is 5.56 Å². The third-order valence-corrected chi connectivity index (χ3v) is 6.75. The van der Waals surface area contributed by atoms with Crippen LogP contribution in [0.15, 0.2) is 33.5 Å². The third kappa shape index (κ3) is 4.12. The molecule has 0 bridgehead atoms. The minimum atomic E-state index is -0.201. The lowest BCUT2D eigenvalue weighted by Crippen LogP contribution is -2.41. The summed E-state index contributed by atoms with van der Waals surface area (Å²) in [5, 5.41) is 0.630. The number of nitrogens with zero attached hydrogens (tertiary/aromatic N) is 2. The van der Waals surface area contributed by atoms with E-state index in [0.29, 0.717) is 47.9 Å². The molecule has 3 heterocycles. The lowest BCUT2D eigenvalue weighted by atomic mass is 10.1. The Labute approximate surface area is 186 Å². The molecule has 0 saturated carbocycles. The van der Waals surface area contributed by atoms with Crippen LogP contribution in [0.5, 0.6) is 0 Å². The van der Waals surface area contributed by atoms with Crippen molar-refractivity contribution in [3.05, 3.63) is 60.9 Å². The highest BCUT2D eigenvalue weighted by Crippen LogP contribution is 2.29. The summed E-state index contributed by atoms with van der Waals surface area (Å²) < 4.78 is 6.34. The van der Waals surface area contributed by atoms with E-state index in [1.165, 1.54) is 11.3 Å². The molecule has 0 aliphatic carbocycles. The molecule has 1 aromatic carbocycles. The second-order valence-corrected chi connectivity index (χ2v) is 9.22. The third-order valence-electron chi connectivity index (χ3n) is 5.18.